The fourth-order valence-corrected chi connectivity index (χ4v) is 3.07. The Bertz CT molecular complexity index is 881. The first-order valence-corrected chi connectivity index (χ1v) is 9.76. The first kappa shape index (κ1) is 25.5. The maximum atomic E-state index is 12.8. The average Bonchev–Trinajstić information content (AvgIpc) is 3.07. The van der Waals surface area contributed by atoms with Crippen molar-refractivity contribution in [1.82, 2.24) is 15.6 Å². The van der Waals surface area contributed by atoms with Crippen LogP contribution in [-0.2, 0) is 20.8 Å². The van der Waals surface area contributed by atoms with E-state index in [1.165, 1.54) is 0 Å². The van der Waals surface area contributed by atoms with Gasteiger partial charge in [-0.3, -0.25) is 9.59 Å². The number of hydrogen-bond donors (Lipinski definition) is 5. The molecule has 30 heavy (non-hydrogen) atoms. The number of nitrogens with one attached hydrogen (secondary N) is 3. The van der Waals surface area contributed by atoms with Crippen LogP contribution in [0.15, 0.2) is 30.5 Å². The molecule has 0 fully saturated rings. The number of carboxylic acids is 1. The molecule has 0 radical (unpaired) electrons. The minimum Gasteiger partial charge on any atom is -0.480 e. The standard InChI is InChI=1S/C21H30N4O4.ClH/c1-11(2)17(22)19(26)25-18(12(3)4)20(27)24-16(21(28)29)9-13-10-23-15-8-6-5-7-14(13)15;/h5-8,10-12,16-18,23H,9,22H2,1-4H3,(H,24,27)(H,25,26)(H,28,29);1H. The zero-order valence-corrected chi connectivity index (χ0v) is 18.5. The number of aliphatic carboxylic acids is 1. The number of halogens is 1. The maximum absolute atomic E-state index is 12.8. The monoisotopic (exact) mass is 438 g/mol. The first-order chi connectivity index (χ1) is 13.6. The molecular weight excluding hydrogens is 408 g/mol. The molecule has 0 aliphatic rings. The topological polar surface area (TPSA) is 137 Å². The van der Waals surface area contributed by atoms with Crippen molar-refractivity contribution in [2.24, 2.45) is 17.6 Å². The van der Waals surface area contributed by atoms with Crippen molar-refractivity contribution in [3.8, 4) is 0 Å². The van der Waals surface area contributed by atoms with Crippen LogP contribution in [0.4, 0.5) is 0 Å². The maximum Gasteiger partial charge on any atom is 0.326 e. The molecule has 0 aliphatic heterocycles. The molecule has 8 nitrogen and oxygen atoms in total. The third kappa shape index (κ3) is 6.21. The van der Waals surface area contributed by atoms with E-state index in [0.29, 0.717) is 0 Å². The highest BCUT2D eigenvalue weighted by molar-refractivity contribution is 5.92. The van der Waals surface area contributed by atoms with Gasteiger partial charge in [-0.2, -0.15) is 0 Å². The van der Waals surface area contributed by atoms with E-state index in [2.05, 4.69) is 15.6 Å². The second-order valence-corrected chi connectivity index (χ2v) is 7.96. The van der Waals surface area contributed by atoms with Crippen LogP contribution in [0.2, 0.25) is 0 Å². The molecule has 0 spiro atoms. The number of fused-ring (bicyclic) bond motifs is 1. The zero-order chi connectivity index (χ0) is 21.7. The van der Waals surface area contributed by atoms with Gasteiger partial charge in [0.1, 0.15) is 12.1 Å². The fourth-order valence-electron chi connectivity index (χ4n) is 3.07. The molecule has 166 valence electrons. The summed E-state index contributed by atoms with van der Waals surface area (Å²) in [7, 11) is 0. The minimum absolute atomic E-state index is 0. The number of para-hydroxylation sites is 1. The summed E-state index contributed by atoms with van der Waals surface area (Å²) in [6, 6.07) is 4.80. The summed E-state index contributed by atoms with van der Waals surface area (Å²) in [4.78, 5) is 39.9. The quantitative estimate of drug-likeness (QED) is 0.406. The molecule has 9 heteroatoms. The van der Waals surface area contributed by atoms with E-state index in [4.69, 9.17) is 5.73 Å². The summed E-state index contributed by atoms with van der Waals surface area (Å²) in [5.41, 5.74) is 7.55. The van der Waals surface area contributed by atoms with E-state index in [-0.39, 0.29) is 30.7 Å². The average molecular weight is 439 g/mol. The van der Waals surface area contributed by atoms with Crippen molar-refractivity contribution < 1.29 is 19.5 Å². The van der Waals surface area contributed by atoms with Gasteiger partial charge in [-0.25, -0.2) is 4.79 Å². The Morgan fingerprint density at radius 2 is 1.67 bits per heavy atom. The Balaban J connectivity index is 0.00000450. The van der Waals surface area contributed by atoms with Crippen molar-refractivity contribution in [2.75, 3.05) is 0 Å². The van der Waals surface area contributed by atoms with Gasteiger partial charge in [-0.05, 0) is 23.5 Å². The number of H-pyrrole nitrogens is 1. The van der Waals surface area contributed by atoms with Crippen molar-refractivity contribution in [3.63, 3.8) is 0 Å². The Morgan fingerprint density at radius 1 is 1.03 bits per heavy atom. The molecule has 2 rings (SSSR count). The fraction of sp³-hybridized carbons (Fsp3) is 0.476. The molecule has 3 unspecified atom stereocenters. The van der Waals surface area contributed by atoms with Gasteiger partial charge in [-0.15, -0.1) is 12.4 Å². The lowest BCUT2D eigenvalue weighted by atomic mass is 9.99. The van der Waals surface area contributed by atoms with Gasteiger partial charge in [0, 0.05) is 23.5 Å². The third-order valence-electron chi connectivity index (χ3n) is 4.98. The molecule has 1 aromatic carbocycles. The van der Waals surface area contributed by atoms with Crippen molar-refractivity contribution in [3.05, 3.63) is 36.0 Å². The molecule has 3 atom stereocenters. The molecule has 0 saturated carbocycles. The van der Waals surface area contributed by atoms with Crippen molar-refractivity contribution >= 4 is 41.1 Å². The second-order valence-electron chi connectivity index (χ2n) is 7.96. The number of rotatable bonds is 9. The number of hydrogen-bond acceptors (Lipinski definition) is 4. The summed E-state index contributed by atoms with van der Waals surface area (Å²) < 4.78 is 0. The summed E-state index contributed by atoms with van der Waals surface area (Å²) in [5.74, 6) is -2.44. The highest BCUT2D eigenvalue weighted by atomic mass is 35.5. The molecular formula is C21H31ClN4O4. The predicted octanol–water partition coefficient (Wildman–Crippen LogP) is 1.83. The summed E-state index contributed by atoms with van der Waals surface area (Å²) in [6.45, 7) is 7.19. The van der Waals surface area contributed by atoms with Crippen LogP contribution in [0.1, 0.15) is 33.3 Å². The molecule has 2 amide bonds. The van der Waals surface area contributed by atoms with Gasteiger partial charge in [0.05, 0.1) is 6.04 Å². The van der Waals surface area contributed by atoms with Crippen LogP contribution in [-0.4, -0.2) is 46.0 Å². The van der Waals surface area contributed by atoms with E-state index >= 15 is 0 Å². The van der Waals surface area contributed by atoms with Crippen LogP contribution in [0.3, 0.4) is 0 Å². The number of benzene rings is 1. The predicted molar refractivity (Wildman–Crippen MR) is 118 cm³/mol. The number of amides is 2. The van der Waals surface area contributed by atoms with E-state index in [9.17, 15) is 19.5 Å². The van der Waals surface area contributed by atoms with Crippen LogP contribution >= 0.6 is 12.4 Å². The molecule has 2 aromatic rings. The van der Waals surface area contributed by atoms with Crippen LogP contribution < -0.4 is 16.4 Å². The first-order valence-electron chi connectivity index (χ1n) is 9.76. The number of aromatic amines is 1. The summed E-state index contributed by atoms with van der Waals surface area (Å²) in [5, 5.41) is 15.8. The molecule has 6 N–H and O–H groups in total. The Kier molecular flexibility index (Phi) is 9.32. The van der Waals surface area contributed by atoms with Crippen LogP contribution in [0, 0.1) is 11.8 Å². The van der Waals surface area contributed by atoms with Gasteiger partial charge in [0.2, 0.25) is 11.8 Å². The smallest absolute Gasteiger partial charge is 0.326 e. The van der Waals surface area contributed by atoms with Crippen LogP contribution in [0.25, 0.3) is 10.9 Å². The number of carbonyl (C=O) groups is 3. The van der Waals surface area contributed by atoms with Gasteiger partial charge in [0.25, 0.3) is 0 Å². The highest BCUT2D eigenvalue weighted by Gasteiger charge is 2.30. The van der Waals surface area contributed by atoms with E-state index in [1.807, 2.05) is 38.1 Å². The molecule has 0 saturated heterocycles. The normalized spacial score (nSPS) is 14.1. The number of nitrogens with two attached hydrogens (primary N) is 1. The Hall–Kier alpha value is -2.58. The number of carbonyl (C=O) groups excluding carboxylic acids is 2. The number of carboxylic acid groups (broad SMARTS) is 1. The van der Waals surface area contributed by atoms with Crippen LogP contribution in [0.5, 0.6) is 0 Å². The second kappa shape index (κ2) is 11.0. The van der Waals surface area contributed by atoms with Crippen molar-refractivity contribution in [1.29, 1.82) is 0 Å². The summed E-state index contributed by atoms with van der Waals surface area (Å²) >= 11 is 0. The van der Waals surface area contributed by atoms with E-state index < -0.39 is 35.9 Å². The zero-order valence-electron chi connectivity index (χ0n) is 17.6. The molecule has 1 heterocycles. The minimum atomic E-state index is -1.14. The Morgan fingerprint density at radius 3 is 2.23 bits per heavy atom. The Labute approximate surface area is 182 Å². The van der Waals surface area contributed by atoms with Gasteiger partial charge in [0.15, 0.2) is 0 Å². The van der Waals surface area contributed by atoms with Gasteiger partial charge < -0.3 is 26.5 Å². The molecule has 0 aliphatic carbocycles. The van der Waals surface area contributed by atoms with Gasteiger partial charge >= 0.3 is 5.97 Å². The SMILES string of the molecule is CC(C)C(N)C(=O)NC(C(=O)NC(Cc1c[nH]c2ccccc12)C(=O)O)C(C)C.Cl. The number of aromatic nitrogens is 1. The van der Waals surface area contributed by atoms with Gasteiger partial charge in [-0.1, -0.05) is 45.9 Å². The lowest BCUT2D eigenvalue weighted by Crippen LogP contribution is -2.57. The molecule has 1 aromatic heterocycles. The van der Waals surface area contributed by atoms with E-state index in [1.54, 1.807) is 20.0 Å². The van der Waals surface area contributed by atoms with E-state index in [0.717, 1.165) is 16.5 Å². The molecule has 0 bridgehead atoms. The lowest BCUT2D eigenvalue weighted by molar-refractivity contribution is -0.142. The summed E-state index contributed by atoms with van der Waals surface area (Å²) in [6.07, 6.45) is 1.87. The lowest BCUT2D eigenvalue weighted by Gasteiger charge is -2.26. The highest BCUT2D eigenvalue weighted by Crippen LogP contribution is 2.19. The largest absolute Gasteiger partial charge is 0.480 e. The van der Waals surface area contributed by atoms with Crippen molar-refractivity contribution in [2.45, 2.75) is 52.2 Å². The third-order valence-corrected chi connectivity index (χ3v) is 4.98.